The van der Waals surface area contributed by atoms with E-state index in [0.717, 1.165) is 19.6 Å². The Morgan fingerprint density at radius 3 is 2.46 bits per heavy atom. The number of hydrogen-bond acceptors (Lipinski definition) is 3. The van der Waals surface area contributed by atoms with Crippen molar-refractivity contribution in [2.24, 2.45) is 5.41 Å². The van der Waals surface area contributed by atoms with Crippen molar-refractivity contribution in [1.29, 1.82) is 0 Å². The van der Waals surface area contributed by atoms with Gasteiger partial charge in [-0.15, -0.1) is 0 Å². The lowest BCUT2D eigenvalue weighted by Gasteiger charge is -2.36. The highest BCUT2D eigenvalue weighted by molar-refractivity contribution is 5.75. The molecule has 0 aliphatic carbocycles. The van der Waals surface area contributed by atoms with E-state index in [1.165, 1.54) is 0 Å². The van der Waals surface area contributed by atoms with E-state index < -0.39 is 17.5 Å². The van der Waals surface area contributed by atoms with Crippen LogP contribution in [0.4, 0.5) is 0 Å². The van der Waals surface area contributed by atoms with Crippen LogP contribution >= 0.6 is 0 Å². The predicted molar refractivity (Wildman–Crippen MR) is 46.4 cm³/mol. The summed E-state index contributed by atoms with van der Waals surface area (Å²) in [5.74, 6) is -0.818. The maximum absolute atomic E-state index is 11.1. The standard InChI is InChI=1S/C9H15NO3/c11-7-1-4-10-5-2-9(7,3-6-10)8(12)13/h7,11H,1-6H2,(H,12,13). The Labute approximate surface area is 77.2 Å². The fourth-order valence-corrected chi connectivity index (χ4v) is 2.45. The third-order valence-electron chi connectivity index (χ3n) is 3.53. The van der Waals surface area contributed by atoms with Gasteiger partial charge < -0.3 is 15.1 Å². The molecule has 3 rings (SSSR count). The second kappa shape index (κ2) is 2.96. The van der Waals surface area contributed by atoms with Crippen molar-refractivity contribution in [3.05, 3.63) is 0 Å². The van der Waals surface area contributed by atoms with Crippen LogP contribution in [0.25, 0.3) is 0 Å². The first kappa shape index (κ1) is 8.97. The number of aliphatic hydroxyl groups excluding tert-OH is 1. The van der Waals surface area contributed by atoms with Crippen LogP contribution in [-0.2, 0) is 4.79 Å². The number of rotatable bonds is 1. The number of aliphatic hydroxyl groups is 1. The minimum absolute atomic E-state index is 0.601. The fraction of sp³-hybridized carbons (Fsp3) is 0.889. The highest BCUT2D eigenvalue weighted by atomic mass is 16.4. The average molecular weight is 185 g/mol. The molecule has 0 aromatic rings. The van der Waals surface area contributed by atoms with E-state index in [0.29, 0.717) is 19.3 Å². The number of piperidine rings is 1. The maximum atomic E-state index is 11.1. The molecule has 0 saturated carbocycles. The zero-order chi connectivity index (χ0) is 9.47. The maximum Gasteiger partial charge on any atom is 0.312 e. The Balaban J connectivity index is 2.28. The normalized spacial score (nSPS) is 44.4. The van der Waals surface area contributed by atoms with Gasteiger partial charge in [0.15, 0.2) is 0 Å². The number of carbonyl (C=O) groups is 1. The topological polar surface area (TPSA) is 60.8 Å². The highest BCUT2D eigenvalue weighted by Gasteiger charge is 2.49. The molecule has 2 N–H and O–H groups in total. The quantitative estimate of drug-likeness (QED) is 0.599. The van der Waals surface area contributed by atoms with Gasteiger partial charge in [-0.05, 0) is 32.4 Å². The first-order valence-electron chi connectivity index (χ1n) is 4.79. The van der Waals surface area contributed by atoms with Crippen LogP contribution in [0.2, 0.25) is 0 Å². The molecule has 4 heteroatoms. The lowest BCUT2D eigenvalue weighted by Crippen LogP contribution is -2.46. The Bertz CT molecular complexity index is 221. The molecule has 0 spiro atoms. The molecule has 74 valence electrons. The first-order chi connectivity index (χ1) is 6.15. The van der Waals surface area contributed by atoms with E-state index in [-0.39, 0.29) is 0 Å². The summed E-state index contributed by atoms with van der Waals surface area (Å²) in [6.07, 6.45) is 1.15. The van der Waals surface area contributed by atoms with Crippen LogP contribution in [0.3, 0.4) is 0 Å². The molecule has 3 heterocycles. The van der Waals surface area contributed by atoms with Gasteiger partial charge in [-0.3, -0.25) is 4.79 Å². The molecular formula is C9H15NO3. The van der Waals surface area contributed by atoms with Gasteiger partial charge >= 0.3 is 5.97 Å². The summed E-state index contributed by atoms with van der Waals surface area (Å²) >= 11 is 0. The van der Waals surface area contributed by atoms with Crippen LogP contribution in [0.15, 0.2) is 0 Å². The Morgan fingerprint density at radius 1 is 1.31 bits per heavy atom. The Morgan fingerprint density at radius 2 is 1.92 bits per heavy atom. The van der Waals surface area contributed by atoms with Crippen molar-refractivity contribution < 1.29 is 15.0 Å². The number of carboxylic acid groups (broad SMARTS) is 1. The third-order valence-corrected chi connectivity index (χ3v) is 3.53. The second-order valence-electron chi connectivity index (χ2n) is 4.11. The molecule has 1 unspecified atom stereocenters. The van der Waals surface area contributed by atoms with Crippen molar-refractivity contribution in [2.75, 3.05) is 19.6 Å². The lowest BCUT2D eigenvalue weighted by atomic mass is 9.74. The van der Waals surface area contributed by atoms with E-state index in [2.05, 4.69) is 4.90 Å². The van der Waals surface area contributed by atoms with E-state index >= 15 is 0 Å². The minimum Gasteiger partial charge on any atom is -0.481 e. The summed E-state index contributed by atoms with van der Waals surface area (Å²) < 4.78 is 0. The summed E-state index contributed by atoms with van der Waals surface area (Å²) in [7, 11) is 0. The van der Waals surface area contributed by atoms with Crippen molar-refractivity contribution >= 4 is 5.97 Å². The number of fused-ring (bicyclic) bond motifs is 4. The number of aliphatic carboxylic acids is 1. The largest absolute Gasteiger partial charge is 0.481 e. The van der Waals surface area contributed by atoms with Crippen LogP contribution in [0.1, 0.15) is 19.3 Å². The molecule has 3 fully saturated rings. The molecule has 0 aromatic heterocycles. The van der Waals surface area contributed by atoms with Crippen LogP contribution in [0, 0.1) is 5.41 Å². The van der Waals surface area contributed by atoms with Crippen molar-refractivity contribution in [2.45, 2.75) is 25.4 Å². The van der Waals surface area contributed by atoms with Crippen LogP contribution in [-0.4, -0.2) is 46.8 Å². The van der Waals surface area contributed by atoms with Gasteiger partial charge in [0.1, 0.15) is 0 Å². The van der Waals surface area contributed by atoms with Gasteiger partial charge in [0.25, 0.3) is 0 Å². The van der Waals surface area contributed by atoms with Gasteiger partial charge in [-0.1, -0.05) is 0 Å². The van der Waals surface area contributed by atoms with Gasteiger partial charge in [0.05, 0.1) is 11.5 Å². The molecule has 1 atom stereocenters. The molecule has 13 heavy (non-hydrogen) atoms. The molecule has 0 radical (unpaired) electrons. The predicted octanol–water partition coefficient (Wildman–Crippen LogP) is -0.0822. The summed E-state index contributed by atoms with van der Waals surface area (Å²) in [6, 6.07) is 0. The van der Waals surface area contributed by atoms with Gasteiger partial charge in [0, 0.05) is 6.54 Å². The minimum atomic E-state index is -0.840. The zero-order valence-corrected chi connectivity index (χ0v) is 7.57. The SMILES string of the molecule is O=C(O)C12CCN(CCC1O)CC2. The molecule has 4 nitrogen and oxygen atoms in total. The average Bonchev–Trinajstić information content (AvgIpc) is 2.37. The van der Waals surface area contributed by atoms with Gasteiger partial charge in [-0.2, -0.15) is 0 Å². The van der Waals surface area contributed by atoms with E-state index in [9.17, 15) is 9.90 Å². The van der Waals surface area contributed by atoms with Crippen molar-refractivity contribution in [1.82, 2.24) is 4.90 Å². The number of hydrogen-bond donors (Lipinski definition) is 2. The summed E-state index contributed by atoms with van der Waals surface area (Å²) in [6.45, 7) is 2.49. The number of carboxylic acids is 1. The van der Waals surface area contributed by atoms with Crippen molar-refractivity contribution in [3.63, 3.8) is 0 Å². The van der Waals surface area contributed by atoms with E-state index in [1.807, 2.05) is 0 Å². The smallest absolute Gasteiger partial charge is 0.312 e. The molecular weight excluding hydrogens is 170 g/mol. The Hall–Kier alpha value is -0.610. The Kier molecular flexibility index (Phi) is 2.04. The lowest BCUT2D eigenvalue weighted by molar-refractivity contribution is -0.159. The van der Waals surface area contributed by atoms with Gasteiger partial charge in [-0.25, -0.2) is 0 Å². The number of nitrogens with zero attached hydrogens (tertiary/aromatic N) is 1. The summed E-state index contributed by atoms with van der Waals surface area (Å²) in [5.41, 5.74) is -0.840. The molecule has 0 aromatic carbocycles. The van der Waals surface area contributed by atoms with Crippen LogP contribution < -0.4 is 0 Å². The van der Waals surface area contributed by atoms with Crippen LogP contribution in [0.5, 0.6) is 0 Å². The molecule has 0 amide bonds. The summed E-state index contributed by atoms with van der Waals surface area (Å²) in [4.78, 5) is 13.4. The van der Waals surface area contributed by atoms with Gasteiger partial charge in [0.2, 0.25) is 0 Å². The molecule has 3 aliphatic heterocycles. The molecule has 3 saturated heterocycles. The molecule has 3 aliphatic rings. The van der Waals surface area contributed by atoms with E-state index in [4.69, 9.17) is 5.11 Å². The zero-order valence-electron chi connectivity index (χ0n) is 7.57. The fourth-order valence-electron chi connectivity index (χ4n) is 2.45. The monoisotopic (exact) mass is 185 g/mol. The highest BCUT2D eigenvalue weighted by Crippen LogP contribution is 2.39. The second-order valence-corrected chi connectivity index (χ2v) is 4.11. The third kappa shape index (κ3) is 1.25. The first-order valence-corrected chi connectivity index (χ1v) is 4.79. The molecule has 2 bridgehead atoms. The summed E-state index contributed by atoms with van der Waals surface area (Å²) in [5, 5.41) is 18.9. The van der Waals surface area contributed by atoms with E-state index in [1.54, 1.807) is 0 Å². The van der Waals surface area contributed by atoms with Crippen molar-refractivity contribution in [3.8, 4) is 0 Å².